The minimum absolute atomic E-state index is 0.00313. The van der Waals surface area contributed by atoms with Gasteiger partial charge in [-0.15, -0.1) is 0 Å². The highest BCUT2D eigenvalue weighted by Crippen LogP contribution is 2.33. The van der Waals surface area contributed by atoms with E-state index in [0.717, 1.165) is 0 Å². The number of methoxy groups -OCH3 is 2. The van der Waals surface area contributed by atoms with Gasteiger partial charge < -0.3 is 19.5 Å². The summed E-state index contributed by atoms with van der Waals surface area (Å²) in [6.45, 7) is -1.50. The standard InChI is InChI=1S/C17H15ClF3NO4/c1-24-14-5-3-4-11(15(14)25-2)16(23)22-12-8-10(18)6-7-13(12)26-9-17(19,20)21/h3-8H,9H2,1-2H3,(H,22,23). The van der Waals surface area contributed by atoms with E-state index >= 15 is 0 Å². The van der Waals surface area contributed by atoms with Crippen molar-refractivity contribution in [3.8, 4) is 17.2 Å². The average Bonchev–Trinajstić information content (AvgIpc) is 2.59. The smallest absolute Gasteiger partial charge is 0.422 e. The molecule has 1 N–H and O–H groups in total. The van der Waals surface area contributed by atoms with Crippen LogP contribution in [-0.4, -0.2) is 32.9 Å². The third-order valence-corrected chi connectivity index (χ3v) is 3.46. The molecule has 0 atom stereocenters. The Hall–Kier alpha value is -2.61. The molecule has 0 spiro atoms. The van der Waals surface area contributed by atoms with Crippen molar-refractivity contribution in [1.82, 2.24) is 0 Å². The Kier molecular flexibility index (Phi) is 6.20. The number of amides is 1. The highest BCUT2D eigenvalue weighted by molar-refractivity contribution is 6.31. The molecule has 0 unspecified atom stereocenters. The van der Waals surface area contributed by atoms with Crippen LogP contribution in [0.1, 0.15) is 10.4 Å². The topological polar surface area (TPSA) is 56.8 Å². The molecule has 5 nitrogen and oxygen atoms in total. The van der Waals surface area contributed by atoms with E-state index in [0.29, 0.717) is 5.75 Å². The van der Waals surface area contributed by atoms with Crippen LogP contribution in [0.25, 0.3) is 0 Å². The van der Waals surface area contributed by atoms with Crippen LogP contribution in [0.5, 0.6) is 17.2 Å². The molecule has 2 aromatic rings. The first-order valence-corrected chi connectivity index (χ1v) is 7.64. The van der Waals surface area contributed by atoms with Gasteiger partial charge >= 0.3 is 6.18 Å². The summed E-state index contributed by atoms with van der Waals surface area (Å²) in [6, 6.07) is 8.55. The minimum Gasteiger partial charge on any atom is -0.493 e. The molecule has 0 aromatic heterocycles. The largest absolute Gasteiger partial charge is 0.493 e. The Morgan fingerprint density at radius 1 is 1.12 bits per heavy atom. The van der Waals surface area contributed by atoms with Crippen LogP contribution in [0.4, 0.5) is 18.9 Å². The predicted molar refractivity (Wildman–Crippen MR) is 90.5 cm³/mol. The molecule has 1 amide bonds. The summed E-state index contributed by atoms with van der Waals surface area (Å²) in [5.41, 5.74) is 0.130. The number of ether oxygens (including phenoxy) is 3. The van der Waals surface area contributed by atoms with Crippen molar-refractivity contribution in [3.63, 3.8) is 0 Å². The van der Waals surface area contributed by atoms with Gasteiger partial charge in [0.15, 0.2) is 18.1 Å². The van der Waals surface area contributed by atoms with E-state index in [1.165, 1.54) is 38.5 Å². The van der Waals surface area contributed by atoms with Gasteiger partial charge in [-0.05, 0) is 30.3 Å². The van der Waals surface area contributed by atoms with Crippen molar-refractivity contribution in [1.29, 1.82) is 0 Å². The number of hydrogen-bond acceptors (Lipinski definition) is 4. The molecule has 0 aliphatic rings. The summed E-state index contributed by atoms with van der Waals surface area (Å²) in [6.07, 6.45) is -4.52. The fourth-order valence-electron chi connectivity index (χ4n) is 2.14. The molecule has 0 aliphatic carbocycles. The summed E-state index contributed by atoms with van der Waals surface area (Å²) in [5, 5.41) is 2.70. The molecule has 9 heteroatoms. The molecule has 0 radical (unpaired) electrons. The summed E-state index contributed by atoms with van der Waals surface area (Å²) in [4.78, 5) is 12.6. The van der Waals surface area contributed by atoms with Crippen molar-refractivity contribution >= 4 is 23.2 Å². The average molecular weight is 390 g/mol. The molecule has 26 heavy (non-hydrogen) atoms. The van der Waals surface area contributed by atoms with Crippen LogP contribution in [0.15, 0.2) is 36.4 Å². The van der Waals surface area contributed by atoms with E-state index in [-0.39, 0.29) is 27.8 Å². The normalized spacial score (nSPS) is 11.0. The van der Waals surface area contributed by atoms with Gasteiger partial charge in [-0.25, -0.2) is 0 Å². The molecule has 2 aromatic carbocycles. The number of benzene rings is 2. The van der Waals surface area contributed by atoms with E-state index in [4.69, 9.17) is 25.8 Å². The second kappa shape index (κ2) is 8.18. The number of carbonyl (C=O) groups is 1. The lowest BCUT2D eigenvalue weighted by atomic mass is 10.1. The number of carbonyl (C=O) groups excluding carboxylic acids is 1. The van der Waals surface area contributed by atoms with Crippen LogP contribution >= 0.6 is 11.6 Å². The van der Waals surface area contributed by atoms with Crippen LogP contribution in [0, 0.1) is 0 Å². The lowest BCUT2D eigenvalue weighted by Gasteiger charge is -2.16. The number of alkyl halides is 3. The van der Waals surface area contributed by atoms with Gasteiger partial charge in [0.1, 0.15) is 5.75 Å². The Bertz CT molecular complexity index is 796. The van der Waals surface area contributed by atoms with Gasteiger partial charge in [-0.2, -0.15) is 13.2 Å². The van der Waals surface area contributed by atoms with Crippen molar-refractivity contribution in [2.24, 2.45) is 0 Å². The van der Waals surface area contributed by atoms with E-state index in [9.17, 15) is 18.0 Å². The number of nitrogens with one attached hydrogen (secondary N) is 1. The number of anilines is 1. The number of rotatable bonds is 6. The van der Waals surface area contributed by atoms with Crippen LogP contribution < -0.4 is 19.5 Å². The maximum atomic E-state index is 12.6. The highest BCUT2D eigenvalue weighted by atomic mass is 35.5. The fourth-order valence-corrected chi connectivity index (χ4v) is 2.31. The third kappa shape index (κ3) is 4.95. The predicted octanol–water partition coefficient (Wildman–Crippen LogP) is 4.55. The molecular formula is C17H15ClF3NO4. The number of hydrogen-bond donors (Lipinski definition) is 1. The molecule has 0 bridgehead atoms. The van der Waals surface area contributed by atoms with Gasteiger partial charge in [0.2, 0.25) is 0 Å². The summed E-state index contributed by atoms with van der Waals surface area (Å²) in [5.74, 6) is -0.270. The Morgan fingerprint density at radius 3 is 2.46 bits per heavy atom. The van der Waals surface area contributed by atoms with E-state index in [1.54, 1.807) is 12.1 Å². The van der Waals surface area contributed by atoms with Crippen LogP contribution in [-0.2, 0) is 0 Å². The minimum atomic E-state index is -4.52. The van der Waals surface area contributed by atoms with E-state index < -0.39 is 18.7 Å². The molecule has 140 valence electrons. The molecule has 0 saturated carbocycles. The van der Waals surface area contributed by atoms with Gasteiger partial charge in [-0.1, -0.05) is 17.7 Å². The van der Waals surface area contributed by atoms with E-state index in [1.807, 2.05) is 0 Å². The molecule has 0 aliphatic heterocycles. The summed E-state index contributed by atoms with van der Waals surface area (Å²) < 4.78 is 52.2. The SMILES string of the molecule is COc1cccc(C(=O)Nc2cc(Cl)ccc2OCC(F)(F)F)c1OC. The Balaban J connectivity index is 2.30. The zero-order chi connectivity index (χ0) is 19.3. The highest BCUT2D eigenvalue weighted by Gasteiger charge is 2.29. The molecule has 0 fully saturated rings. The van der Waals surface area contributed by atoms with Crippen LogP contribution in [0.3, 0.4) is 0 Å². The second-order valence-corrected chi connectivity index (χ2v) is 5.48. The second-order valence-electron chi connectivity index (χ2n) is 5.04. The first-order valence-electron chi connectivity index (χ1n) is 7.26. The number of halogens is 4. The zero-order valence-electron chi connectivity index (χ0n) is 13.8. The monoisotopic (exact) mass is 389 g/mol. The maximum Gasteiger partial charge on any atom is 0.422 e. The summed E-state index contributed by atoms with van der Waals surface area (Å²) >= 11 is 5.87. The molecule has 0 heterocycles. The van der Waals surface area contributed by atoms with Crippen molar-refractivity contribution in [2.75, 3.05) is 26.1 Å². The van der Waals surface area contributed by atoms with Crippen molar-refractivity contribution in [3.05, 3.63) is 47.0 Å². The van der Waals surface area contributed by atoms with Crippen LogP contribution in [0.2, 0.25) is 5.02 Å². The Labute approximate surface area is 152 Å². The quantitative estimate of drug-likeness (QED) is 0.787. The molecular weight excluding hydrogens is 375 g/mol. The van der Waals surface area contributed by atoms with Gasteiger partial charge in [0.05, 0.1) is 25.5 Å². The third-order valence-electron chi connectivity index (χ3n) is 3.23. The Morgan fingerprint density at radius 2 is 1.85 bits per heavy atom. The van der Waals surface area contributed by atoms with Crippen molar-refractivity contribution in [2.45, 2.75) is 6.18 Å². The first kappa shape index (κ1) is 19.7. The molecule has 0 saturated heterocycles. The van der Waals surface area contributed by atoms with Crippen molar-refractivity contribution < 1.29 is 32.2 Å². The number of para-hydroxylation sites is 1. The lowest BCUT2D eigenvalue weighted by molar-refractivity contribution is -0.153. The zero-order valence-corrected chi connectivity index (χ0v) is 14.6. The molecule has 2 rings (SSSR count). The van der Waals surface area contributed by atoms with E-state index in [2.05, 4.69) is 5.32 Å². The summed E-state index contributed by atoms with van der Waals surface area (Å²) in [7, 11) is 2.78. The van der Waals surface area contributed by atoms with Gasteiger partial charge in [-0.3, -0.25) is 4.79 Å². The fraction of sp³-hybridized carbons (Fsp3) is 0.235. The lowest BCUT2D eigenvalue weighted by Crippen LogP contribution is -2.20. The van der Waals surface area contributed by atoms with Gasteiger partial charge in [0.25, 0.3) is 5.91 Å². The van der Waals surface area contributed by atoms with Gasteiger partial charge in [0, 0.05) is 5.02 Å². The maximum absolute atomic E-state index is 12.6. The first-order chi connectivity index (χ1) is 12.2.